The van der Waals surface area contributed by atoms with Crippen LogP contribution in [0.25, 0.3) is 0 Å². The molecule has 0 aliphatic heterocycles. The molecule has 0 saturated carbocycles. The summed E-state index contributed by atoms with van der Waals surface area (Å²) in [5.74, 6) is -20.0. The Morgan fingerprint density at radius 1 is 0.191 bits per heavy atom. The summed E-state index contributed by atoms with van der Waals surface area (Å²) < 4.78 is 141. The monoisotopic (exact) mass is 2290 g/mol. The minimum absolute atomic E-state index is 0.204. The van der Waals surface area contributed by atoms with Crippen molar-refractivity contribution < 1.29 is 68.1 Å². The first kappa shape index (κ1) is 109. The Bertz CT molecular complexity index is 5420. The van der Waals surface area contributed by atoms with Gasteiger partial charge in [0.25, 0.3) is 0 Å². The highest BCUT2D eigenvalue weighted by Crippen LogP contribution is 2.64. The smallest absolute Gasteiger partial charge is 0.420 e. The molecule has 0 saturated heterocycles. The quantitative estimate of drug-likeness (QED) is 0.0194. The normalized spacial score (nSPS) is 13.0. The summed E-state index contributed by atoms with van der Waals surface area (Å²) >= 11 is 94.2. The molecule has 0 aromatic heterocycles. The van der Waals surface area contributed by atoms with Crippen LogP contribution >= 0.6 is 198 Å². The van der Waals surface area contributed by atoms with Gasteiger partial charge in [-0.1, -0.05) is 0 Å². The first-order chi connectivity index (χ1) is 61.2. The van der Waals surface area contributed by atoms with Gasteiger partial charge < -0.3 is 40.7 Å². The maximum atomic E-state index is 12.1. The lowest BCUT2D eigenvalue weighted by atomic mass is 10.2. The molecule has 9 rings (SSSR count). The standard InChI is InChI=1S/C72H72Cl12N18O15P10S4/c1-94(118(73,74)103)85-46-55-10-28-64(29-11-55)109-124(128,110-65-30-12-56(13-31-65)47-86-95(2)119(75,76)104)100(7)91-52-61-22-40-70(41-23-61)115-127(131,116-71-42-24-62(25-43-71)53-92-101(8)125(129,111-66-32-14-57(15-33-66)48-87-96(3)120(77,78)105)112-67-34-16-58(17-35-67)49-88-97(4)121(79,80)106)117-72-44-26-63(27-45-72)54-93-102(9)126(130,113-68-36-18-59(19-37-68)50-89-98(5)122(81,82)107)114-69-38-20-60(21-39-69)51-90-99(6)123(83,84)108/h10-54H,1-9H3/b85-46+,86-47+,87-48+,88-49+,89-50+,90-51+,91-52+,92-53+,93-54+. The summed E-state index contributed by atoms with van der Waals surface area (Å²) in [6.07, 6.45) is 12.9. The van der Waals surface area contributed by atoms with Crippen LogP contribution in [0.15, 0.2) is 264 Å². The number of hydrogen-bond acceptors (Lipinski definition) is 28. The van der Waals surface area contributed by atoms with E-state index in [-0.39, 0.29) is 51.7 Å². The van der Waals surface area contributed by atoms with E-state index in [9.17, 15) is 27.4 Å². The van der Waals surface area contributed by atoms with E-state index in [1.54, 1.807) is 240 Å². The Hall–Kier alpha value is -6.13. The second kappa shape index (κ2) is 47.8. The molecule has 0 aliphatic carbocycles. The van der Waals surface area contributed by atoms with Gasteiger partial charge in [0.1, 0.15) is 51.7 Å². The Labute approximate surface area is 833 Å². The number of nitrogens with zero attached hydrogens (tertiary/aromatic N) is 18. The largest absolute Gasteiger partial charge is 0.490 e. The summed E-state index contributed by atoms with van der Waals surface area (Å²) in [5.41, 5.74) is 4.98. The molecule has 9 aromatic carbocycles. The highest BCUT2D eigenvalue weighted by atomic mass is 35.9. The summed E-state index contributed by atoms with van der Waals surface area (Å²) in [7, 11) is 12.9. The molecule has 33 nitrogen and oxygen atoms in total. The predicted octanol–water partition coefficient (Wildman–Crippen LogP) is 27.5. The molecule has 0 atom stereocenters. The Morgan fingerprint density at radius 3 is 0.397 bits per heavy atom. The van der Waals surface area contributed by atoms with E-state index in [0.717, 1.165) is 28.7 Å². The van der Waals surface area contributed by atoms with Gasteiger partial charge in [-0.3, -0.25) is 27.4 Å². The fraction of sp³-hybridized carbons (Fsp3) is 0.125. The van der Waals surface area contributed by atoms with Crippen LogP contribution in [0.5, 0.6) is 51.7 Å². The van der Waals surface area contributed by atoms with E-state index in [1.807, 2.05) is 0 Å². The van der Waals surface area contributed by atoms with Gasteiger partial charge in [0.05, 0.1) is 55.9 Å². The molecule has 0 fully saturated rings. The summed E-state index contributed by atoms with van der Waals surface area (Å²) in [4.78, 5) is 0. The number of rotatable bonds is 45. The lowest BCUT2D eigenvalue weighted by Crippen LogP contribution is -2.17. The molecular formula is C72H72Cl12N18O15P10S4. The average molecular weight is 2290 g/mol. The summed E-state index contributed by atoms with van der Waals surface area (Å²) in [5, 5.41) is 38.4. The first-order valence-electron chi connectivity index (χ1n) is 36.3. The Kier molecular flexibility index (Phi) is 39.6. The van der Waals surface area contributed by atoms with Gasteiger partial charge in [-0.15, -0.1) is 0 Å². The zero-order valence-corrected chi connectivity index (χ0v) is 90.1. The van der Waals surface area contributed by atoms with Crippen molar-refractivity contribution in [2.45, 2.75) is 0 Å². The van der Waals surface area contributed by atoms with Crippen molar-refractivity contribution in [1.82, 2.24) is 43.0 Å². The molecule has 59 heteroatoms. The Balaban J connectivity index is 1.00. The molecule has 0 bridgehead atoms. The van der Waals surface area contributed by atoms with Crippen LogP contribution in [0.4, 0.5) is 0 Å². The molecule has 0 amide bonds. The van der Waals surface area contributed by atoms with E-state index in [2.05, 4.69) is 30.6 Å². The molecule has 0 heterocycles. The van der Waals surface area contributed by atoms with E-state index in [4.69, 9.17) is 238 Å². The summed E-state index contributed by atoms with van der Waals surface area (Å²) in [6, 6.07) is 59.1. The van der Waals surface area contributed by atoms with Crippen molar-refractivity contribution in [2.24, 2.45) is 45.9 Å². The lowest BCUT2D eigenvalue weighted by Gasteiger charge is -2.29. The molecule has 9 aromatic rings. The third-order valence-corrected chi connectivity index (χ3v) is 39.4. The second-order valence-electron chi connectivity index (χ2n) is 26.0. The molecule has 0 unspecified atom stereocenters. The minimum atomic E-state index is -4.01. The van der Waals surface area contributed by atoms with E-state index in [0.29, 0.717) is 50.1 Å². The number of hydrazone groups is 9. The maximum absolute atomic E-state index is 12.1. The van der Waals surface area contributed by atoms with Crippen LogP contribution in [0.3, 0.4) is 0 Å². The van der Waals surface area contributed by atoms with Crippen molar-refractivity contribution in [3.05, 3.63) is 268 Å². The third kappa shape index (κ3) is 35.4. The van der Waals surface area contributed by atoms with Crippen molar-refractivity contribution >= 4 is 301 Å². The van der Waals surface area contributed by atoms with Crippen LogP contribution in [0.1, 0.15) is 50.1 Å². The minimum Gasteiger partial charge on any atom is -0.420 e. The molecule has 0 radical (unpaired) electrons. The Morgan fingerprint density at radius 2 is 0.290 bits per heavy atom. The van der Waals surface area contributed by atoms with Gasteiger partial charge in [-0.2, -0.15) is 45.9 Å². The van der Waals surface area contributed by atoms with Gasteiger partial charge in [0, 0.05) is 111 Å². The molecule has 698 valence electrons. The van der Waals surface area contributed by atoms with Gasteiger partial charge in [-0.25, -0.2) is 43.0 Å². The molecule has 131 heavy (non-hydrogen) atoms. The van der Waals surface area contributed by atoms with Crippen molar-refractivity contribution in [3.63, 3.8) is 0 Å². The van der Waals surface area contributed by atoms with Crippen LogP contribution in [0, 0.1) is 0 Å². The number of benzene rings is 9. The topological polar surface area (TPSA) is 326 Å². The lowest BCUT2D eigenvalue weighted by molar-refractivity contribution is 0.383. The highest BCUT2D eigenvalue weighted by Gasteiger charge is 2.34. The van der Waals surface area contributed by atoms with Crippen molar-refractivity contribution in [1.29, 1.82) is 0 Å². The second-order valence-corrected chi connectivity index (χ2v) is 66.9. The van der Waals surface area contributed by atoms with Crippen LogP contribution in [-0.4, -0.2) is 162 Å². The van der Waals surface area contributed by atoms with Gasteiger partial charge in [0.2, 0.25) is 0 Å². The maximum Gasteiger partial charge on any atom is 0.490 e. The zero-order valence-electron chi connectivity index (χ0n) is 68.8. The van der Waals surface area contributed by atoms with Gasteiger partial charge in [0.15, 0.2) is 0 Å². The summed E-state index contributed by atoms with van der Waals surface area (Å²) in [6.45, 7) is -15.0. The van der Waals surface area contributed by atoms with Gasteiger partial charge >= 0.3 is 62.6 Å². The SMILES string of the molecule is CN(/N=C/c1ccc(OP(=S)(Oc2ccc(/C=N/N(C)P(=O)(Cl)Cl)cc2)N(C)/N=C/c2ccc(OP(=S)(Oc3ccc(/C=N/N(C)P(=S)(Oc4ccc(/C=N/N(C)P(=O)(Cl)Cl)cc4)Oc4ccc(/C=N/N(C)P(=O)(Cl)Cl)cc4)cc3)Oc3ccc(/C=N/N(C)P(=S)(Oc4ccc(/C=N/N(C)P(=O)(Cl)Cl)cc4)Oc4ccc(/C=N/N(C)P(=O)(Cl)Cl)cc4)cc3)cc2)cc1)P(=O)(Cl)Cl. The van der Waals surface area contributed by atoms with E-state index < -0.39 is 62.6 Å². The average Bonchev–Trinajstić information content (AvgIpc) is 0.819. The molecule has 0 spiro atoms. The molecule has 0 N–H and O–H groups in total. The molecular weight excluding hydrogens is 2220 g/mol. The van der Waals surface area contributed by atoms with Crippen molar-refractivity contribution in [3.8, 4) is 51.7 Å². The number of hydrogen-bond donors (Lipinski definition) is 0. The van der Waals surface area contributed by atoms with E-state index in [1.165, 1.54) is 113 Å². The van der Waals surface area contributed by atoms with Crippen LogP contribution in [-0.2, 0) is 74.6 Å². The first-order valence-corrected chi connectivity index (χ1v) is 67.4. The van der Waals surface area contributed by atoms with Gasteiger partial charge in [-0.05, 0) is 403 Å². The fourth-order valence-corrected chi connectivity index (χ4v) is 19.2. The predicted molar refractivity (Wildman–Crippen MR) is 555 cm³/mol. The third-order valence-electron chi connectivity index (χ3n) is 16.3. The van der Waals surface area contributed by atoms with Crippen LogP contribution < -0.4 is 40.7 Å². The van der Waals surface area contributed by atoms with Crippen LogP contribution in [0.2, 0.25) is 0 Å². The van der Waals surface area contributed by atoms with Crippen molar-refractivity contribution in [2.75, 3.05) is 63.4 Å². The highest BCUT2D eigenvalue weighted by molar-refractivity contribution is 8.11. The van der Waals surface area contributed by atoms with E-state index >= 15 is 0 Å². The fourth-order valence-electron chi connectivity index (χ4n) is 9.09. The zero-order chi connectivity index (χ0) is 96.1. The number of halogens is 12. The molecule has 0 aliphatic rings.